The minimum absolute atomic E-state index is 0.0945. The van der Waals surface area contributed by atoms with E-state index < -0.39 is 0 Å². The van der Waals surface area contributed by atoms with Crippen LogP contribution < -0.4 is 5.32 Å². The number of benzene rings is 1. The summed E-state index contributed by atoms with van der Waals surface area (Å²) < 4.78 is 0. The molecule has 0 radical (unpaired) electrons. The predicted molar refractivity (Wildman–Crippen MR) is 85.6 cm³/mol. The Morgan fingerprint density at radius 2 is 2.14 bits per heavy atom. The van der Waals surface area contributed by atoms with Crippen molar-refractivity contribution in [2.45, 2.75) is 31.3 Å². The molecule has 2 unspecified atom stereocenters. The van der Waals surface area contributed by atoms with Crippen LogP contribution in [-0.2, 0) is 11.2 Å². The molecule has 2 atom stereocenters. The van der Waals surface area contributed by atoms with Crippen molar-refractivity contribution < 1.29 is 4.79 Å². The molecule has 4 rings (SSSR count). The minimum atomic E-state index is -0.0945. The van der Waals surface area contributed by atoms with Crippen LogP contribution in [0.2, 0.25) is 0 Å². The van der Waals surface area contributed by atoms with Gasteiger partial charge in [-0.2, -0.15) is 0 Å². The molecule has 0 saturated carbocycles. The molecule has 1 N–H and O–H groups in total. The van der Waals surface area contributed by atoms with E-state index in [1.165, 1.54) is 10.4 Å². The van der Waals surface area contributed by atoms with E-state index in [0.717, 1.165) is 31.5 Å². The Labute approximate surface area is 128 Å². The number of rotatable bonds is 2. The summed E-state index contributed by atoms with van der Waals surface area (Å²) in [6.07, 6.45) is 3.00. The Bertz CT molecular complexity index is 628. The van der Waals surface area contributed by atoms with Gasteiger partial charge in [-0.1, -0.05) is 24.3 Å². The molecule has 21 heavy (non-hydrogen) atoms. The Morgan fingerprint density at radius 3 is 2.95 bits per heavy atom. The van der Waals surface area contributed by atoms with Crippen molar-refractivity contribution in [1.82, 2.24) is 4.90 Å². The van der Waals surface area contributed by atoms with E-state index in [2.05, 4.69) is 39.9 Å². The summed E-state index contributed by atoms with van der Waals surface area (Å²) in [5.74, 6) is 0.252. The normalized spacial score (nSPS) is 23.9. The fourth-order valence-electron chi connectivity index (χ4n) is 3.45. The van der Waals surface area contributed by atoms with Crippen LogP contribution in [0.25, 0.3) is 0 Å². The van der Waals surface area contributed by atoms with Crippen LogP contribution in [0, 0.1) is 0 Å². The maximum absolute atomic E-state index is 12.9. The van der Waals surface area contributed by atoms with E-state index in [0.29, 0.717) is 0 Å². The van der Waals surface area contributed by atoms with E-state index in [-0.39, 0.29) is 18.0 Å². The summed E-state index contributed by atoms with van der Waals surface area (Å²) >= 11 is 1.76. The van der Waals surface area contributed by atoms with Gasteiger partial charge in [0.15, 0.2) is 0 Å². The summed E-state index contributed by atoms with van der Waals surface area (Å²) in [7, 11) is 0. The fraction of sp³-hybridized carbons (Fsp3) is 0.353. The van der Waals surface area contributed by atoms with Gasteiger partial charge < -0.3 is 10.2 Å². The second-order valence-corrected chi connectivity index (χ2v) is 6.74. The molecule has 0 spiro atoms. The molecule has 0 bridgehead atoms. The van der Waals surface area contributed by atoms with Gasteiger partial charge in [0, 0.05) is 23.5 Å². The molecule has 3 heterocycles. The van der Waals surface area contributed by atoms with E-state index in [1.54, 1.807) is 11.3 Å². The smallest absolute Gasteiger partial charge is 0.245 e. The third-order valence-corrected chi connectivity index (χ3v) is 5.45. The zero-order chi connectivity index (χ0) is 14.2. The number of carbonyl (C=O) groups excluding carboxylic acids is 1. The Hall–Kier alpha value is -1.81. The molecule has 2 aliphatic rings. The maximum Gasteiger partial charge on any atom is 0.245 e. The van der Waals surface area contributed by atoms with Crippen molar-refractivity contribution in [3.8, 4) is 0 Å². The number of likely N-dealkylation sites (tertiary alicyclic amines) is 1. The van der Waals surface area contributed by atoms with Crippen LogP contribution in [0.5, 0.6) is 0 Å². The third-order valence-electron chi connectivity index (χ3n) is 4.48. The molecular weight excluding hydrogens is 280 g/mol. The van der Waals surface area contributed by atoms with Gasteiger partial charge in [-0.3, -0.25) is 4.79 Å². The summed E-state index contributed by atoms with van der Waals surface area (Å²) in [5.41, 5.74) is 2.37. The van der Waals surface area contributed by atoms with Crippen LogP contribution in [-0.4, -0.2) is 23.4 Å². The van der Waals surface area contributed by atoms with E-state index in [4.69, 9.17) is 0 Å². The zero-order valence-corrected chi connectivity index (χ0v) is 12.6. The lowest BCUT2D eigenvalue weighted by Crippen LogP contribution is -2.41. The summed E-state index contributed by atoms with van der Waals surface area (Å²) in [4.78, 5) is 16.3. The number of fused-ring (bicyclic) bond motifs is 1. The Balaban J connectivity index is 1.53. The molecule has 108 valence electrons. The Morgan fingerprint density at radius 1 is 1.24 bits per heavy atom. The van der Waals surface area contributed by atoms with Gasteiger partial charge in [0.05, 0.1) is 6.04 Å². The van der Waals surface area contributed by atoms with Crippen LogP contribution in [0.4, 0.5) is 5.69 Å². The fourth-order valence-corrected chi connectivity index (χ4v) is 4.33. The highest BCUT2D eigenvalue weighted by Crippen LogP contribution is 2.36. The topological polar surface area (TPSA) is 32.3 Å². The van der Waals surface area contributed by atoms with E-state index in [9.17, 15) is 4.79 Å². The third kappa shape index (κ3) is 2.23. The second-order valence-electron chi connectivity index (χ2n) is 5.76. The van der Waals surface area contributed by atoms with E-state index >= 15 is 0 Å². The van der Waals surface area contributed by atoms with Crippen LogP contribution >= 0.6 is 11.3 Å². The SMILES string of the molecule is O=C(C1Cc2ccccc2N1)N1CCCC1c1cccs1. The van der Waals surface area contributed by atoms with Crippen molar-refractivity contribution in [2.75, 3.05) is 11.9 Å². The highest BCUT2D eigenvalue weighted by molar-refractivity contribution is 7.10. The monoisotopic (exact) mass is 298 g/mol. The van der Waals surface area contributed by atoms with Crippen LogP contribution in [0.15, 0.2) is 41.8 Å². The molecule has 3 nitrogen and oxygen atoms in total. The lowest BCUT2D eigenvalue weighted by molar-refractivity contribution is -0.132. The summed E-state index contributed by atoms with van der Waals surface area (Å²) in [5, 5.41) is 5.49. The van der Waals surface area contributed by atoms with Gasteiger partial charge in [-0.15, -0.1) is 11.3 Å². The highest BCUT2D eigenvalue weighted by Gasteiger charge is 2.36. The quantitative estimate of drug-likeness (QED) is 0.921. The number of amides is 1. The molecule has 1 aromatic carbocycles. The van der Waals surface area contributed by atoms with Gasteiger partial charge in [-0.05, 0) is 35.9 Å². The number of para-hydroxylation sites is 1. The Kier molecular flexibility index (Phi) is 3.19. The average molecular weight is 298 g/mol. The predicted octanol–water partition coefficient (Wildman–Crippen LogP) is 3.45. The second kappa shape index (κ2) is 5.19. The number of thiophene rings is 1. The number of hydrogen-bond donors (Lipinski definition) is 1. The largest absolute Gasteiger partial charge is 0.373 e. The number of carbonyl (C=O) groups is 1. The number of anilines is 1. The first-order valence-electron chi connectivity index (χ1n) is 7.51. The number of nitrogens with zero attached hydrogens (tertiary/aromatic N) is 1. The van der Waals surface area contributed by atoms with Gasteiger partial charge in [0.1, 0.15) is 6.04 Å². The molecule has 1 amide bonds. The first-order valence-corrected chi connectivity index (χ1v) is 8.39. The van der Waals surface area contributed by atoms with Crippen molar-refractivity contribution in [1.29, 1.82) is 0 Å². The molecule has 2 aromatic rings. The van der Waals surface area contributed by atoms with E-state index in [1.807, 2.05) is 12.1 Å². The minimum Gasteiger partial charge on any atom is -0.373 e. The first-order chi connectivity index (χ1) is 10.3. The van der Waals surface area contributed by atoms with Crippen molar-refractivity contribution >= 4 is 22.9 Å². The molecule has 4 heteroatoms. The van der Waals surface area contributed by atoms with Gasteiger partial charge in [0.25, 0.3) is 0 Å². The van der Waals surface area contributed by atoms with Gasteiger partial charge >= 0.3 is 0 Å². The lowest BCUT2D eigenvalue weighted by Gasteiger charge is -2.27. The number of hydrogen-bond acceptors (Lipinski definition) is 3. The molecule has 1 saturated heterocycles. The molecule has 1 aromatic heterocycles. The molecular formula is C17H18N2OS. The van der Waals surface area contributed by atoms with Crippen molar-refractivity contribution in [3.63, 3.8) is 0 Å². The summed E-state index contributed by atoms with van der Waals surface area (Å²) in [6.45, 7) is 0.885. The van der Waals surface area contributed by atoms with Crippen LogP contribution in [0.3, 0.4) is 0 Å². The van der Waals surface area contributed by atoms with Crippen molar-refractivity contribution in [2.24, 2.45) is 0 Å². The standard InChI is InChI=1S/C17H18N2OS/c20-17(14-11-12-5-1-2-6-13(12)18-14)19-9-3-7-15(19)16-8-4-10-21-16/h1-2,4-6,8,10,14-15,18H,3,7,9,11H2. The average Bonchev–Trinajstić information content (AvgIpc) is 3.23. The molecule has 2 aliphatic heterocycles. The van der Waals surface area contributed by atoms with Crippen LogP contribution in [0.1, 0.15) is 29.3 Å². The maximum atomic E-state index is 12.9. The lowest BCUT2D eigenvalue weighted by atomic mass is 10.1. The number of nitrogens with one attached hydrogen (secondary N) is 1. The zero-order valence-electron chi connectivity index (χ0n) is 11.8. The van der Waals surface area contributed by atoms with Gasteiger partial charge in [-0.25, -0.2) is 0 Å². The van der Waals surface area contributed by atoms with Crippen molar-refractivity contribution in [3.05, 3.63) is 52.2 Å². The highest BCUT2D eigenvalue weighted by atomic mass is 32.1. The molecule has 0 aliphatic carbocycles. The molecule has 1 fully saturated rings. The van der Waals surface area contributed by atoms with Gasteiger partial charge in [0.2, 0.25) is 5.91 Å². The first kappa shape index (κ1) is 12.9. The summed E-state index contributed by atoms with van der Waals surface area (Å²) in [6, 6.07) is 12.6.